The number of nitrogens with two attached hydrogens (primary N) is 1. The number of carbonyl (C=O) groups excluding carboxylic acids is 1. The second-order valence-electron chi connectivity index (χ2n) is 6.81. The molecule has 3 N–H and O–H groups in total. The van der Waals surface area contributed by atoms with E-state index in [0.29, 0.717) is 12.1 Å². The summed E-state index contributed by atoms with van der Waals surface area (Å²) in [6, 6.07) is 3.24. The zero-order valence-corrected chi connectivity index (χ0v) is 16.8. The van der Waals surface area contributed by atoms with Gasteiger partial charge in [-0.3, -0.25) is 4.79 Å². The largest absolute Gasteiger partial charge is 0.328 e. The molecule has 1 saturated carbocycles. The van der Waals surface area contributed by atoms with E-state index in [1.54, 1.807) is 12.1 Å². The van der Waals surface area contributed by atoms with E-state index in [2.05, 4.69) is 5.32 Å². The van der Waals surface area contributed by atoms with E-state index in [0.717, 1.165) is 30.4 Å². The van der Waals surface area contributed by atoms with Crippen molar-refractivity contribution >= 4 is 34.0 Å². The molecule has 0 spiro atoms. The van der Waals surface area contributed by atoms with Gasteiger partial charge in [0.05, 0.1) is 4.90 Å². The van der Waals surface area contributed by atoms with E-state index in [9.17, 15) is 13.2 Å². The molecule has 1 aromatic rings. The summed E-state index contributed by atoms with van der Waals surface area (Å²) in [5.41, 5.74) is 8.22. The van der Waals surface area contributed by atoms with Crippen LogP contribution in [0.1, 0.15) is 36.8 Å². The molecule has 1 aromatic carbocycles. The number of anilines is 1. The summed E-state index contributed by atoms with van der Waals surface area (Å²) in [7, 11) is -0.562. The van der Waals surface area contributed by atoms with Crippen molar-refractivity contribution in [2.45, 2.75) is 50.5 Å². The zero-order chi connectivity index (χ0) is 18.1. The van der Waals surface area contributed by atoms with Gasteiger partial charge < -0.3 is 11.1 Å². The summed E-state index contributed by atoms with van der Waals surface area (Å²) in [6.07, 6.45) is 3.41. The summed E-state index contributed by atoms with van der Waals surface area (Å²) in [5.74, 6) is -0.186. The molecule has 2 rings (SSSR count). The number of aryl methyl sites for hydroxylation is 1. The SMILES string of the molecule is Cc1cc(S(=O)(=O)N(C)C)cc(NC(=O)C2CCCC(N)C2)c1C.Cl. The van der Waals surface area contributed by atoms with Gasteiger partial charge in [0.15, 0.2) is 0 Å². The molecule has 0 saturated heterocycles. The van der Waals surface area contributed by atoms with E-state index >= 15 is 0 Å². The smallest absolute Gasteiger partial charge is 0.242 e. The van der Waals surface area contributed by atoms with Crippen LogP contribution in [0.25, 0.3) is 0 Å². The van der Waals surface area contributed by atoms with Crippen LogP contribution in [0.5, 0.6) is 0 Å². The van der Waals surface area contributed by atoms with Gasteiger partial charge in [-0.15, -0.1) is 12.4 Å². The number of benzene rings is 1. The number of sulfonamides is 1. The maximum absolute atomic E-state index is 12.5. The maximum atomic E-state index is 12.5. The van der Waals surface area contributed by atoms with Gasteiger partial charge in [0.2, 0.25) is 15.9 Å². The molecule has 0 aromatic heterocycles. The molecule has 0 heterocycles. The molecule has 2 atom stereocenters. The number of hydrogen-bond acceptors (Lipinski definition) is 4. The molecule has 2 unspecified atom stereocenters. The molecule has 0 radical (unpaired) electrons. The highest BCUT2D eigenvalue weighted by Gasteiger charge is 2.26. The molecule has 1 fully saturated rings. The third-order valence-electron chi connectivity index (χ3n) is 4.76. The summed E-state index contributed by atoms with van der Waals surface area (Å²) < 4.78 is 25.9. The third-order valence-corrected chi connectivity index (χ3v) is 6.56. The van der Waals surface area contributed by atoms with Gasteiger partial charge in [-0.25, -0.2) is 12.7 Å². The predicted molar refractivity (Wildman–Crippen MR) is 103 cm³/mol. The molecule has 1 aliphatic carbocycles. The number of nitrogens with zero attached hydrogens (tertiary/aromatic N) is 1. The molecule has 25 heavy (non-hydrogen) atoms. The minimum atomic E-state index is -3.55. The standard InChI is InChI=1S/C17H27N3O3S.ClH/c1-11-8-15(24(22,23)20(3)4)10-16(12(11)2)19-17(21)13-6-5-7-14(18)9-13;/h8,10,13-14H,5-7,9,18H2,1-4H3,(H,19,21);1H. The van der Waals surface area contributed by atoms with Crippen molar-refractivity contribution in [3.8, 4) is 0 Å². The van der Waals surface area contributed by atoms with Gasteiger partial charge in [-0.2, -0.15) is 0 Å². The summed E-state index contributed by atoms with van der Waals surface area (Å²) in [6.45, 7) is 3.72. The number of rotatable bonds is 4. The van der Waals surface area contributed by atoms with E-state index in [-0.39, 0.29) is 35.2 Å². The molecule has 1 amide bonds. The van der Waals surface area contributed by atoms with E-state index < -0.39 is 10.0 Å². The van der Waals surface area contributed by atoms with Crippen molar-refractivity contribution in [1.82, 2.24) is 4.31 Å². The van der Waals surface area contributed by atoms with Crippen molar-refractivity contribution in [3.05, 3.63) is 23.3 Å². The normalized spacial score (nSPS) is 20.9. The van der Waals surface area contributed by atoms with E-state index in [1.807, 2.05) is 13.8 Å². The van der Waals surface area contributed by atoms with Crippen LogP contribution in [0, 0.1) is 19.8 Å². The number of amides is 1. The van der Waals surface area contributed by atoms with Crippen LogP contribution < -0.4 is 11.1 Å². The van der Waals surface area contributed by atoms with Crippen LogP contribution in [0.2, 0.25) is 0 Å². The summed E-state index contributed by atoms with van der Waals surface area (Å²) in [4.78, 5) is 12.7. The second-order valence-corrected chi connectivity index (χ2v) is 8.96. The van der Waals surface area contributed by atoms with Crippen LogP contribution in [0.3, 0.4) is 0 Å². The fourth-order valence-corrected chi connectivity index (χ4v) is 4.03. The van der Waals surface area contributed by atoms with E-state index in [1.165, 1.54) is 18.4 Å². The second kappa shape index (κ2) is 8.49. The predicted octanol–water partition coefficient (Wildman–Crippen LogP) is 2.43. The Kier molecular flexibility index (Phi) is 7.43. The lowest BCUT2D eigenvalue weighted by Crippen LogP contribution is -2.34. The van der Waals surface area contributed by atoms with Crippen molar-refractivity contribution in [2.24, 2.45) is 11.7 Å². The van der Waals surface area contributed by atoms with Gasteiger partial charge in [-0.05, 0) is 56.4 Å². The lowest BCUT2D eigenvalue weighted by Gasteiger charge is -2.26. The van der Waals surface area contributed by atoms with E-state index in [4.69, 9.17) is 5.73 Å². The first-order valence-corrected chi connectivity index (χ1v) is 9.67. The van der Waals surface area contributed by atoms with Gasteiger partial charge >= 0.3 is 0 Å². The first-order chi connectivity index (χ1) is 11.1. The highest BCUT2D eigenvalue weighted by atomic mass is 35.5. The Morgan fingerprint density at radius 1 is 1.24 bits per heavy atom. The third kappa shape index (κ3) is 4.94. The Morgan fingerprint density at radius 2 is 1.88 bits per heavy atom. The number of nitrogens with one attached hydrogen (secondary N) is 1. The Balaban J connectivity index is 0.00000312. The first-order valence-electron chi connectivity index (χ1n) is 8.23. The minimum Gasteiger partial charge on any atom is -0.328 e. The average molecular weight is 390 g/mol. The first kappa shape index (κ1) is 21.9. The zero-order valence-electron chi connectivity index (χ0n) is 15.2. The van der Waals surface area contributed by atoms with Gasteiger partial charge in [0, 0.05) is 31.7 Å². The molecule has 1 aliphatic rings. The summed E-state index contributed by atoms with van der Waals surface area (Å²) >= 11 is 0. The molecular formula is C17H28ClN3O3S. The molecule has 8 heteroatoms. The lowest BCUT2D eigenvalue weighted by atomic mass is 9.85. The summed E-state index contributed by atoms with van der Waals surface area (Å²) in [5, 5.41) is 2.92. The van der Waals surface area contributed by atoms with Crippen molar-refractivity contribution in [3.63, 3.8) is 0 Å². The number of halogens is 1. The Morgan fingerprint density at radius 3 is 2.44 bits per heavy atom. The molecule has 0 bridgehead atoms. The maximum Gasteiger partial charge on any atom is 0.242 e. The van der Waals surface area contributed by atoms with Crippen LogP contribution >= 0.6 is 12.4 Å². The van der Waals surface area contributed by atoms with Crippen LogP contribution in [-0.4, -0.2) is 38.8 Å². The molecule has 0 aliphatic heterocycles. The minimum absolute atomic E-state index is 0. The Bertz CT molecular complexity index is 735. The number of hydrogen-bond donors (Lipinski definition) is 2. The topological polar surface area (TPSA) is 92.5 Å². The highest BCUT2D eigenvalue weighted by Crippen LogP contribution is 2.28. The Labute approximate surface area is 156 Å². The Hall–Kier alpha value is -1.15. The fraction of sp³-hybridized carbons (Fsp3) is 0.588. The van der Waals surface area contributed by atoms with Crippen LogP contribution in [0.15, 0.2) is 17.0 Å². The fourth-order valence-electron chi connectivity index (χ4n) is 3.02. The molecular weight excluding hydrogens is 362 g/mol. The van der Waals surface area contributed by atoms with Crippen molar-refractivity contribution in [2.75, 3.05) is 19.4 Å². The van der Waals surface area contributed by atoms with Crippen molar-refractivity contribution < 1.29 is 13.2 Å². The van der Waals surface area contributed by atoms with Gasteiger partial charge in [0.25, 0.3) is 0 Å². The highest BCUT2D eigenvalue weighted by molar-refractivity contribution is 7.89. The molecule has 6 nitrogen and oxygen atoms in total. The average Bonchev–Trinajstić information content (AvgIpc) is 2.51. The van der Waals surface area contributed by atoms with Crippen molar-refractivity contribution in [1.29, 1.82) is 0 Å². The lowest BCUT2D eigenvalue weighted by molar-refractivity contribution is -0.120. The van der Waals surface area contributed by atoms with Gasteiger partial charge in [0.1, 0.15) is 0 Å². The van der Waals surface area contributed by atoms with Crippen LogP contribution in [-0.2, 0) is 14.8 Å². The van der Waals surface area contributed by atoms with Crippen LogP contribution in [0.4, 0.5) is 5.69 Å². The number of carbonyl (C=O) groups is 1. The van der Waals surface area contributed by atoms with Gasteiger partial charge in [-0.1, -0.05) is 6.42 Å². The molecule has 142 valence electrons. The monoisotopic (exact) mass is 389 g/mol. The quantitative estimate of drug-likeness (QED) is 0.827.